The molecule has 0 aliphatic carbocycles. The summed E-state index contributed by atoms with van der Waals surface area (Å²) in [5.74, 6) is -0.511. The second-order valence-corrected chi connectivity index (χ2v) is 4.58. The molecule has 0 saturated carbocycles. The average Bonchev–Trinajstić information content (AvgIpc) is 2.40. The first-order valence-electron chi connectivity index (χ1n) is 5.34. The average molecular weight is 312 g/mol. The van der Waals surface area contributed by atoms with Gasteiger partial charge >= 0.3 is 0 Å². The van der Waals surface area contributed by atoms with Gasteiger partial charge in [0.05, 0.1) is 15.6 Å². The van der Waals surface area contributed by atoms with Gasteiger partial charge in [0.25, 0.3) is 11.6 Å². The molecule has 1 aromatic heterocycles. The van der Waals surface area contributed by atoms with Gasteiger partial charge in [0.1, 0.15) is 5.69 Å². The molecule has 1 aromatic carbocycles. The molecule has 0 bridgehead atoms. The van der Waals surface area contributed by atoms with Crippen LogP contribution in [0.2, 0.25) is 10.0 Å². The van der Waals surface area contributed by atoms with Gasteiger partial charge in [-0.1, -0.05) is 23.2 Å². The van der Waals surface area contributed by atoms with Gasteiger partial charge in [-0.05, 0) is 18.2 Å². The van der Waals surface area contributed by atoms with Gasteiger partial charge in [0, 0.05) is 23.4 Å². The zero-order valence-corrected chi connectivity index (χ0v) is 11.4. The molecule has 102 valence electrons. The zero-order chi connectivity index (χ0) is 14.7. The first-order chi connectivity index (χ1) is 9.47. The van der Waals surface area contributed by atoms with Crippen molar-refractivity contribution in [2.45, 2.75) is 0 Å². The number of carbonyl (C=O) groups is 1. The highest BCUT2D eigenvalue weighted by Gasteiger charge is 2.13. The van der Waals surface area contributed by atoms with Crippen LogP contribution in [0.3, 0.4) is 0 Å². The lowest BCUT2D eigenvalue weighted by atomic mass is 10.2. The predicted octanol–water partition coefficient (Wildman–Crippen LogP) is 3.55. The molecule has 6 nitrogen and oxygen atoms in total. The van der Waals surface area contributed by atoms with Gasteiger partial charge in [-0.25, -0.2) is 0 Å². The molecule has 0 spiro atoms. The highest BCUT2D eigenvalue weighted by atomic mass is 35.5. The van der Waals surface area contributed by atoms with Crippen molar-refractivity contribution in [3.63, 3.8) is 0 Å². The third-order valence-electron chi connectivity index (χ3n) is 2.37. The Bertz CT molecular complexity index is 691. The first kappa shape index (κ1) is 14.2. The molecule has 2 rings (SSSR count). The van der Waals surface area contributed by atoms with E-state index < -0.39 is 10.8 Å². The smallest absolute Gasteiger partial charge is 0.274 e. The summed E-state index contributed by atoms with van der Waals surface area (Å²) < 4.78 is 0. The summed E-state index contributed by atoms with van der Waals surface area (Å²) in [6, 6.07) is 6.69. The number of aromatic nitrogens is 1. The molecule has 0 aliphatic rings. The molecule has 8 heteroatoms. The van der Waals surface area contributed by atoms with Crippen LogP contribution in [0.4, 0.5) is 11.4 Å². The van der Waals surface area contributed by atoms with Crippen molar-refractivity contribution < 1.29 is 9.72 Å². The first-order valence-corrected chi connectivity index (χ1v) is 6.10. The van der Waals surface area contributed by atoms with E-state index >= 15 is 0 Å². The lowest BCUT2D eigenvalue weighted by molar-refractivity contribution is -0.384. The fraction of sp³-hybridized carbons (Fsp3) is 0. The number of hydrogen-bond acceptors (Lipinski definition) is 4. The molecule has 0 atom stereocenters. The molecule has 0 saturated heterocycles. The zero-order valence-electron chi connectivity index (χ0n) is 9.84. The Labute approximate surface area is 123 Å². The number of anilines is 1. The molecule has 1 amide bonds. The number of non-ortho nitro benzene ring substituents is 1. The van der Waals surface area contributed by atoms with E-state index in [1.807, 2.05) is 0 Å². The molecule has 20 heavy (non-hydrogen) atoms. The topological polar surface area (TPSA) is 85.1 Å². The summed E-state index contributed by atoms with van der Waals surface area (Å²) in [7, 11) is 0. The molecule has 0 unspecified atom stereocenters. The standard InChI is InChI=1S/C12H7Cl2N3O3/c13-7-3-4-15-11(5-7)12(18)16-10-2-1-8(17(19)20)6-9(10)14/h1-6H,(H,16,18). The van der Waals surface area contributed by atoms with Crippen LogP contribution < -0.4 is 5.32 Å². The van der Waals surface area contributed by atoms with Gasteiger partial charge in [-0.2, -0.15) is 0 Å². The van der Waals surface area contributed by atoms with E-state index in [0.717, 1.165) is 6.07 Å². The van der Waals surface area contributed by atoms with Gasteiger partial charge in [-0.15, -0.1) is 0 Å². The van der Waals surface area contributed by atoms with Crippen molar-refractivity contribution in [3.05, 3.63) is 62.4 Å². The van der Waals surface area contributed by atoms with E-state index in [1.165, 1.54) is 30.5 Å². The van der Waals surface area contributed by atoms with Crippen molar-refractivity contribution >= 4 is 40.5 Å². The van der Waals surface area contributed by atoms with Crippen molar-refractivity contribution in [2.24, 2.45) is 0 Å². The summed E-state index contributed by atoms with van der Waals surface area (Å²) in [6.07, 6.45) is 1.40. The second-order valence-electron chi connectivity index (χ2n) is 3.73. The van der Waals surface area contributed by atoms with Crippen LogP contribution in [-0.4, -0.2) is 15.8 Å². The monoisotopic (exact) mass is 311 g/mol. The number of halogens is 2. The molecule has 1 N–H and O–H groups in total. The lowest BCUT2D eigenvalue weighted by Gasteiger charge is -2.06. The summed E-state index contributed by atoms with van der Waals surface area (Å²) in [5.41, 5.74) is 0.213. The predicted molar refractivity (Wildman–Crippen MR) is 75.3 cm³/mol. The maximum Gasteiger partial charge on any atom is 0.274 e. The van der Waals surface area contributed by atoms with E-state index in [-0.39, 0.29) is 22.1 Å². The Kier molecular flexibility index (Phi) is 4.16. The SMILES string of the molecule is O=C(Nc1ccc([N+](=O)[O-])cc1Cl)c1cc(Cl)ccn1. The number of nitro groups is 1. The van der Waals surface area contributed by atoms with Crippen molar-refractivity contribution in [3.8, 4) is 0 Å². The Morgan fingerprint density at radius 2 is 2.00 bits per heavy atom. The van der Waals surface area contributed by atoms with Crippen LogP contribution in [0, 0.1) is 10.1 Å². The van der Waals surface area contributed by atoms with Gasteiger partial charge in [-0.3, -0.25) is 19.9 Å². The maximum absolute atomic E-state index is 11.9. The molecular weight excluding hydrogens is 305 g/mol. The number of nitrogens with zero attached hydrogens (tertiary/aromatic N) is 2. The molecule has 2 aromatic rings. The van der Waals surface area contributed by atoms with E-state index in [0.29, 0.717) is 5.02 Å². The number of rotatable bonds is 3. The van der Waals surface area contributed by atoms with Crippen LogP contribution in [0.15, 0.2) is 36.5 Å². The Morgan fingerprint density at radius 1 is 1.25 bits per heavy atom. The number of amides is 1. The van der Waals surface area contributed by atoms with Crippen LogP contribution in [-0.2, 0) is 0 Å². The molecule has 0 radical (unpaired) electrons. The van der Waals surface area contributed by atoms with Crippen LogP contribution in [0.25, 0.3) is 0 Å². The minimum absolute atomic E-state index is 0.0644. The fourth-order valence-electron chi connectivity index (χ4n) is 1.43. The Hall–Kier alpha value is -2.18. The van der Waals surface area contributed by atoms with Gasteiger partial charge in [0.2, 0.25) is 0 Å². The number of pyridine rings is 1. The summed E-state index contributed by atoms with van der Waals surface area (Å²) in [5, 5.41) is 13.5. The summed E-state index contributed by atoms with van der Waals surface area (Å²) in [4.78, 5) is 25.8. The Morgan fingerprint density at radius 3 is 2.60 bits per heavy atom. The quantitative estimate of drug-likeness (QED) is 0.693. The maximum atomic E-state index is 11.9. The number of nitrogens with one attached hydrogen (secondary N) is 1. The fourth-order valence-corrected chi connectivity index (χ4v) is 1.82. The summed E-state index contributed by atoms with van der Waals surface area (Å²) >= 11 is 11.6. The third kappa shape index (κ3) is 3.23. The number of carbonyl (C=O) groups excluding carboxylic acids is 1. The van der Waals surface area contributed by atoms with Crippen molar-refractivity contribution in [1.82, 2.24) is 4.98 Å². The summed E-state index contributed by atoms with van der Waals surface area (Å²) in [6.45, 7) is 0. The molecule has 0 aliphatic heterocycles. The van der Waals surface area contributed by atoms with E-state index in [2.05, 4.69) is 10.3 Å². The highest BCUT2D eigenvalue weighted by Crippen LogP contribution is 2.27. The van der Waals surface area contributed by atoms with Crippen molar-refractivity contribution in [2.75, 3.05) is 5.32 Å². The van der Waals surface area contributed by atoms with E-state index in [4.69, 9.17) is 23.2 Å². The van der Waals surface area contributed by atoms with Crippen LogP contribution >= 0.6 is 23.2 Å². The lowest BCUT2D eigenvalue weighted by Crippen LogP contribution is -2.13. The third-order valence-corrected chi connectivity index (χ3v) is 2.91. The number of benzene rings is 1. The Balaban J connectivity index is 2.22. The van der Waals surface area contributed by atoms with Crippen LogP contribution in [0.5, 0.6) is 0 Å². The molecule has 1 heterocycles. The largest absolute Gasteiger partial charge is 0.319 e. The second kappa shape index (κ2) is 5.85. The van der Waals surface area contributed by atoms with Gasteiger partial charge in [0.15, 0.2) is 0 Å². The van der Waals surface area contributed by atoms with E-state index in [1.54, 1.807) is 0 Å². The number of nitro benzene ring substituents is 1. The normalized spacial score (nSPS) is 10.1. The van der Waals surface area contributed by atoms with Crippen molar-refractivity contribution in [1.29, 1.82) is 0 Å². The molecule has 0 fully saturated rings. The van der Waals surface area contributed by atoms with E-state index in [9.17, 15) is 14.9 Å². The highest BCUT2D eigenvalue weighted by molar-refractivity contribution is 6.34. The minimum Gasteiger partial charge on any atom is -0.319 e. The van der Waals surface area contributed by atoms with Gasteiger partial charge < -0.3 is 5.32 Å². The number of hydrogen-bond donors (Lipinski definition) is 1. The van der Waals surface area contributed by atoms with Crippen LogP contribution in [0.1, 0.15) is 10.5 Å². The molecular formula is C12H7Cl2N3O3. The minimum atomic E-state index is -0.573.